The fourth-order valence-corrected chi connectivity index (χ4v) is 3.13. The number of amides is 1. The Labute approximate surface area is 150 Å². The van der Waals surface area contributed by atoms with Gasteiger partial charge in [0, 0.05) is 0 Å². The third kappa shape index (κ3) is 4.22. The summed E-state index contributed by atoms with van der Waals surface area (Å²) in [6.07, 6.45) is 1.83. The molecule has 0 radical (unpaired) electrons. The molecule has 5 nitrogen and oxygen atoms in total. The third-order valence-electron chi connectivity index (χ3n) is 3.45. The minimum Gasteiger partial charge on any atom is -0.494 e. The Morgan fingerprint density at radius 2 is 1.92 bits per heavy atom. The molecule has 2 aromatic rings. The molecule has 1 heterocycles. The first-order chi connectivity index (χ1) is 12.2. The number of aliphatic imine (C=N–C) groups is 1. The van der Waals surface area contributed by atoms with Gasteiger partial charge in [-0.05, 0) is 54.6 Å². The van der Waals surface area contributed by atoms with Gasteiger partial charge in [0.25, 0.3) is 5.91 Å². The first kappa shape index (κ1) is 17.1. The summed E-state index contributed by atoms with van der Waals surface area (Å²) < 4.78 is 10.7. The lowest BCUT2D eigenvalue weighted by molar-refractivity contribution is -0.115. The molecule has 0 bridgehead atoms. The Morgan fingerprint density at radius 1 is 1.16 bits per heavy atom. The van der Waals surface area contributed by atoms with Gasteiger partial charge in [0.1, 0.15) is 17.2 Å². The van der Waals surface area contributed by atoms with Gasteiger partial charge < -0.3 is 14.8 Å². The molecule has 0 aromatic heterocycles. The molecule has 1 saturated heterocycles. The molecule has 1 aliphatic rings. The lowest BCUT2D eigenvalue weighted by atomic mass is 10.2. The fraction of sp³-hybridized carbons (Fsp3) is 0.158. The van der Waals surface area contributed by atoms with Crippen molar-refractivity contribution in [1.82, 2.24) is 5.32 Å². The SMILES string of the molecule is CCOc1ccc(C=C2SC(=Nc3ccccc3OC)NC2=O)cc1. The van der Waals surface area contributed by atoms with Crippen LogP contribution >= 0.6 is 11.8 Å². The van der Waals surface area contributed by atoms with E-state index in [-0.39, 0.29) is 5.91 Å². The topological polar surface area (TPSA) is 59.9 Å². The van der Waals surface area contributed by atoms with Crippen LogP contribution in [0.2, 0.25) is 0 Å². The molecule has 0 aliphatic carbocycles. The van der Waals surface area contributed by atoms with E-state index in [4.69, 9.17) is 9.47 Å². The van der Waals surface area contributed by atoms with Crippen LogP contribution in [0.4, 0.5) is 5.69 Å². The number of para-hydroxylation sites is 2. The maximum Gasteiger partial charge on any atom is 0.264 e. The monoisotopic (exact) mass is 354 g/mol. The van der Waals surface area contributed by atoms with Gasteiger partial charge in [0.2, 0.25) is 0 Å². The number of rotatable bonds is 5. The number of thioether (sulfide) groups is 1. The first-order valence-electron chi connectivity index (χ1n) is 7.85. The Bertz CT molecular complexity index is 829. The molecule has 0 atom stereocenters. The maximum absolute atomic E-state index is 12.2. The highest BCUT2D eigenvalue weighted by molar-refractivity contribution is 8.18. The normalized spacial score (nSPS) is 17.0. The minimum absolute atomic E-state index is 0.160. The molecule has 0 saturated carbocycles. The highest BCUT2D eigenvalue weighted by Crippen LogP contribution is 2.32. The summed E-state index contributed by atoms with van der Waals surface area (Å²) in [6.45, 7) is 2.57. The number of carbonyl (C=O) groups is 1. The average Bonchev–Trinajstić information content (AvgIpc) is 2.96. The maximum atomic E-state index is 12.2. The Kier molecular flexibility index (Phi) is 5.40. The molecule has 25 heavy (non-hydrogen) atoms. The quantitative estimate of drug-likeness (QED) is 0.825. The van der Waals surface area contributed by atoms with Crippen molar-refractivity contribution < 1.29 is 14.3 Å². The number of hydrogen-bond donors (Lipinski definition) is 1. The summed E-state index contributed by atoms with van der Waals surface area (Å²) in [5.74, 6) is 1.31. The van der Waals surface area contributed by atoms with Gasteiger partial charge in [-0.15, -0.1) is 0 Å². The van der Waals surface area contributed by atoms with Crippen LogP contribution < -0.4 is 14.8 Å². The Balaban J connectivity index is 1.79. The standard InChI is InChI=1S/C19H18N2O3S/c1-3-24-14-10-8-13(9-11-14)12-17-18(22)21-19(25-17)20-15-6-4-5-7-16(15)23-2/h4-12H,3H2,1-2H3,(H,20,21,22). The van der Waals surface area contributed by atoms with E-state index in [0.717, 1.165) is 11.3 Å². The molecule has 0 spiro atoms. The largest absolute Gasteiger partial charge is 0.494 e. The summed E-state index contributed by atoms with van der Waals surface area (Å²) in [7, 11) is 1.59. The molecule has 0 unspecified atom stereocenters. The molecule has 1 amide bonds. The lowest BCUT2D eigenvalue weighted by Gasteiger charge is -2.03. The van der Waals surface area contributed by atoms with Crippen molar-refractivity contribution in [1.29, 1.82) is 0 Å². The van der Waals surface area contributed by atoms with Crippen molar-refractivity contribution in [3.63, 3.8) is 0 Å². The van der Waals surface area contributed by atoms with Crippen molar-refractivity contribution in [3.8, 4) is 11.5 Å². The summed E-state index contributed by atoms with van der Waals surface area (Å²) >= 11 is 1.31. The molecule has 3 rings (SSSR count). The van der Waals surface area contributed by atoms with E-state index in [1.165, 1.54) is 11.8 Å². The molecule has 2 aromatic carbocycles. The zero-order valence-electron chi connectivity index (χ0n) is 14.0. The highest BCUT2D eigenvalue weighted by atomic mass is 32.2. The number of nitrogens with zero attached hydrogens (tertiary/aromatic N) is 1. The fourth-order valence-electron chi connectivity index (χ4n) is 2.29. The van der Waals surface area contributed by atoms with E-state index in [1.54, 1.807) is 7.11 Å². The van der Waals surface area contributed by atoms with Crippen molar-refractivity contribution >= 4 is 34.6 Å². The third-order valence-corrected chi connectivity index (χ3v) is 4.36. The van der Waals surface area contributed by atoms with Crippen LogP contribution in [0.15, 0.2) is 58.4 Å². The zero-order chi connectivity index (χ0) is 17.6. The Hall–Kier alpha value is -2.73. The Morgan fingerprint density at radius 3 is 2.64 bits per heavy atom. The summed E-state index contributed by atoms with van der Waals surface area (Å²) in [5, 5.41) is 3.32. The zero-order valence-corrected chi connectivity index (χ0v) is 14.8. The van der Waals surface area contributed by atoms with Crippen molar-refractivity contribution in [2.24, 2.45) is 4.99 Å². The number of ether oxygens (including phenoxy) is 2. The summed E-state index contributed by atoms with van der Waals surface area (Å²) in [5.41, 5.74) is 1.61. The average molecular weight is 354 g/mol. The molecule has 1 aliphatic heterocycles. The van der Waals surface area contributed by atoms with Gasteiger partial charge in [-0.1, -0.05) is 24.3 Å². The van der Waals surface area contributed by atoms with Gasteiger partial charge >= 0.3 is 0 Å². The van der Waals surface area contributed by atoms with Crippen LogP contribution in [-0.4, -0.2) is 24.8 Å². The van der Waals surface area contributed by atoms with Gasteiger partial charge in [-0.2, -0.15) is 0 Å². The molecular formula is C19H18N2O3S. The van der Waals surface area contributed by atoms with E-state index >= 15 is 0 Å². The van der Waals surface area contributed by atoms with Crippen LogP contribution in [-0.2, 0) is 4.79 Å². The van der Waals surface area contributed by atoms with Crippen LogP contribution in [0.5, 0.6) is 11.5 Å². The van der Waals surface area contributed by atoms with E-state index in [9.17, 15) is 4.79 Å². The predicted molar refractivity (Wildman–Crippen MR) is 101 cm³/mol. The minimum atomic E-state index is -0.160. The molecular weight excluding hydrogens is 336 g/mol. The second kappa shape index (κ2) is 7.90. The lowest BCUT2D eigenvalue weighted by Crippen LogP contribution is -2.19. The number of nitrogens with one attached hydrogen (secondary N) is 1. The van der Waals surface area contributed by atoms with Gasteiger partial charge in [-0.25, -0.2) is 4.99 Å². The van der Waals surface area contributed by atoms with Crippen molar-refractivity contribution in [2.75, 3.05) is 13.7 Å². The van der Waals surface area contributed by atoms with Crippen LogP contribution in [0.1, 0.15) is 12.5 Å². The van der Waals surface area contributed by atoms with Crippen LogP contribution in [0.25, 0.3) is 6.08 Å². The van der Waals surface area contributed by atoms with E-state index in [0.29, 0.717) is 28.1 Å². The number of carbonyl (C=O) groups excluding carboxylic acids is 1. The molecule has 6 heteroatoms. The second-order valence-corrected chi connectivity index (χ2v) is 6.19. The number of benzene rings is 2. The van der Waals surface area contributed by atoms with Gasteiger partial charge in [0.05, 0.1) is 18.6 Å². The predicted octanol–water partition coefficient (Wildman–Crippen LogP) is 3.99. The summed E-state index contributed by atoms with van der Waals surface area (Å²) in [6, 6.07) is 15.0. The highest BCUT2D eigenvalue weighted by Gasteiger charge is 2.24. The number of hydrogen-bond acceptors (Lipinski definition) is 5. The van der Waals surface area contributed by atoms with Gasteiger partial charge in [0.15, 0.2) is 5.17 Å². The van der Waals surface area contributed by atoms with Crippen LogP contribution in [0, 0.1) is 0 Å². The molecule has 128 valence electrons. The molecule has 1 N–H and O–H groups in total. The number of amidine groups is 1. The van der Waals surface area contributed by atoms with Gasteiger partial charge in [-0.3, -0.25) is 4.79 Å². The van der Waals surface area contributed by atoms with E-state index < -0.39 is 0 Å². The van der Waals surface area contributed by atoms with E-state index in [2.05, 4.69) is 10.3 Å². The first-order valence-corrected chi connectivity index (χ1v) is 8.66. The summed E-state index contributed by atoms with van der Waals surface area (Å²) in [4.78, 5) is 17.2. The smallest absolute Gasteiger partial charge is 0.264 e. The van der Waals surface area contributed by atoms with Crippen molar-refractivity contribution in [3.05, 3.63) is 59.0 Å². The second-order valence-electron chi connectivity index (χ2n) is 5.16. The molecule has 1 fully saturated rings. The van der Waals surface area contributed by atoms with Crippen molar-refractivity contribution in [2.45, 2.75) is 6.92 Å². The number of methoxy groups -OCH3 is 1. The van der Waals surface area contributed by atoms with Crippen LogP contribution in [0.3, 0.4) is 0 Å². The van der Waals surface area contributed by atoms with E-state index in [1.807, 2.05) is 61.5 Å².